The Morgan fingerprint density at radius 1 is 0.306 bits per heavy atom. The first-order valence-electron chi connectivity index (χ1n) is 40.5. The monoisotopic (exact) mass is 1360 g/mol. The topological polar surface area (TPSA) is 163 Å². The minimum absolute atomic E-state index is 0. The van der Waals surface area contributed by atoms with Crippen molar-refractivity contribution >= 4 is 11.6 Å². The lowest BCUT2D eigenvalue weighted by Crippen LogP contribution is -2.57. The van der Waals surface area contributed by atoms with Gasteiger partial charge < -0.3 is 20.4 Å². The third-order valence-corrected chi connectivity index (χ3v) is 37.0. The van der Waals surface area contributed by atoms with Crippen LogP contribution in [0.3, 0.4) is 0 Å². The summed E-state index contributed by atoms with van der Waals surface area (Å²) >= 11 is 0. The fourth-order valence-electron chi connectivity index (χ4n) is 31.2. The molecule has 560 valence electrons. The molecule has 0 radical (unpaired) electrons. The van der Waals surface area contributed by atoms with Crippen LogP contribution in [0.2, 0.25) is 0 Å². The van der Waals surface area contributed by atoms with Crippen LogP contribution in [-0.4, -0.2) is 54.4 Å². The molecule has 0 saturated heterocycles. The summed E-state index contributed by atoms with van der Waals surface area (Å²) in [7, 11) is 0. The molecule has 0 amide bonds. The molecular weight excluding hydrogens is 1200 g/mol. The number of nitrogens with zero attached hydrogens (tertiary/aromatic N) is 2. The summed E-state index contributed by atoms with van der Waals surface area (Å²) in [4.78, 5) is 25.1. The van der Waals surface area contributed by atoms with Gasteiger partial charge in [0.25, 0.3) is 0 Å². The zero-order valence-electron chi connectivity index (χ0n) is 62.8. The Morgan fingerprint density at radius 2 is 0.541 bits per heavy atom. The van der Waals surface area contributed by atoms with Crippen molar-refractivity contribution in [2.24, 2.45) is 174 Å². The average molecular weight is 1360 g/mol. The highest BCUT2D eigenvalue weighted by Gasteiger charge is 2.68. The van der Waals surface area contributed by atoms with E-state index in [0.29, 0.717) is 80.6 Å². The third kappa shape index (κ3) is 12.7. The lowest BCUT2D eigenvalue weighted by molar-refractivity contribution is -0.164. The SMILES string of the molecule is C.C.C.C.C[C@@H]1C[C@H]2C[C@](C)(O)CC[C@]2(C)[C@H]2CC[C@]3(C)C(=O)CC[C@H]3[C@H]12.C[C@@H]1C[C@H]2C[C@](C)(O)CC[C@]2(C)[C@H]2CC[C@]3(C)[C@@H](C#N)CC[C@H]3[C@H]12.C[C@H]1C[C@H]2C[C@](C)(O)CC[C@]2(C)[C@H]2CC[C@]3(C)C(=O)CC[C@H]3[C@H]12.C[C@H]1C[C@H]2C[C@](C)(O)CC[C@]2(C)[C@H]2CC[C@]3(C)[C@@H](C#N)CC[C@H]3[C@H]12. The Kier molecular flexibility index (Phi) is 22.3. The first-order valence-corrected chi connectivity index (χ1v) is 40.5. The van der Waals surface area contributed by atoms with E-state index in [0.717, 1.165) is 174 Å². The number of ketones is 2. The number of hydrogen-bond donors (Lipinski definition) is 4. The molecule has 16 aliphatic carbocycles. The van der Waals surface area contributed by atoms with Crippen molar-refractivity contribution < 1.29 is 30.0 Å². The molecule has 0 aliphatic heterocycles. The molecule has 16 rings (SSSR count). The largest absolute Gasteiger partial charge is 0.390 e. The van der Waals surface area contributed by atoms with Gasteiger partial charge in [-0.2, -0.15) is 10.5 Å². The van der Waals surface area contributed by atoms with Gasteiger partial charge in [-0.15, -0.1) is 0 Å². The predicted octanol–water partition coefficient (Wildman–Crippen LogP) is 22.1. The summed E-state index contributed by atoms with van der Waals surface area (Å²) in [6.07, 6.45) is 36.2. The van der Waals surface area contributed by atoms with E-state index in [9.17, 15) is 40.5 Å². The van der Waals surface area contributed by atoms with Crippen LogP contribution in [0.5, 0.6) is 0 Å². The Hall–Kier alpha value is -1.84. The molecule has 0 spiro atoms. The van der Waals surface area contributed by atoms with Crippen molar-refractivity contribution in [2.45, 2.75) is 368 Å². The first kappa shape index (κ1) is 80.3. The summed E-state index contributed by atoms with van der Waals surface area (Å²) in [6, 6.07) is 5.32. The van der Waals surface area contributed by atoms with Gasteiger partial charge in [-0.3, -0.25) is 9.59 Å². The molecule has 34 atom stereocenters. The van der Waals surface area contributed by atoms with Crippen molar-refractivity contribution in [3.8, 4) is 12.1 Å². The van der Waals surface area contributed by atoms with Crippen LogP contribution in [0.15, 0.2) is 0 Å². The Bertz CT molecular complexity index is 2760. The van der Waals surface area contributed by atoms with Gasteiger partial charge in [-0.1, -0.05) is 113 Å². The number of hydrogen-bond acceptors (Lipinski definition) is 8. The zero-order chi connectivity index (χ0) is 67.9. The van der Waals surface area contributed by atoms with E-state index < -0.39 is 22.4 Å². The number of aliphatic hydroxyl groups is 4. The quantitative estimate of drug-likeness (QED) is 0.186. The van der Waals surface area contributed by atoms with Crippen molar-refractivity contribution in [1.82, 2.24) is 0 Å². The Labute approximate surface area is 602 Å². The second-order valence-electron chi connectivity index (χ2n) is 42.1. The highest BCUT2D eigenvalue weighted by Crippen LogP contribution is 2.74. The van der Waals surface area contributed by atoms with Gasteiger partial charge in [0.2, 0.25) is 0 Å². The molecule has 4 N–H and O–H groups in total. The van der Waals surface area contributed by atoms with Gasteiger partial charge in [-0.25, -0.2) is 0 Å². The van der Waals surface area contributed by atoms with E-state index in [-0.39, 0.29) is 63.2 Å². The highest BCUT2D eigenvalue weighted by molar-refractivity contribution is 5.87. The fraction of sp³-hybridized carbons (Fsp3) is 0.956. The average Bonchev–Trinajstić information content (AvgIpc) is 1.31. The lowest BCUT2D eigenvalue weighted by atomic mass is 9.42. The van der Waals surface area contributed by atoms with Gasteiger partial charge >= 0.3 is 0 Å². The molecule has 0 heterocycles. The maximum Gasteiger partial charge on any atom is 0.139 e. The molecule has 0 bridgehead atoms. The predicted molar refractivity (Wildman–Crippen MR) is 403 cm³/mol. The molecule has 0 aromatic rings. The molecule has 0 aromatic carbocycles. The summed E-state index contributed by atoms with van der Waals surface area (Å²) in [5.41, 5.74) is 0.346. The van der Waals surface area contributed by atoms with E-state index >= 15 is 0 Å². The maximum atomic E-state index is 12.5. The minimum Gasteiger partial charge on any atom is -0.390 e. The normalized spacial score (nSPS) is 57.1. The van der Waals surface area contributed by atoms with Crippen molar-refractivity contribution in [3.63, 3.8) is 0 Å². The van der Waals surface area contributed by atoms with Crippen LogP contribution < -0.4 is 0 Å². The van der Waals surface area contributed by atoms with E-state index in [1.807, 2.05) is 13.8 Å². The highest BCUT2D eigenvalue weighted by atomic mass is 16.3. The minimum atomic E-state index is -0.455. The van der Waals surface area contributed by atoms with Crippen LogP contribution in [0, 0.1) is 196 Å². The lowest BCUT2D eigenvalue weighted by Gasteiger charge is -2.63. The van der Waals surface area contributed by atoms with Gasteiger partial charge in [0.05, 0.1) is 46.4 Å². The summed E-state index contributed by atoms with van der Waals surface area (Å²) in [5.74, 6) is 16.4. The van der Waals surface area contributed by atoms with Crippen molar-refractivity contribution in [1.29, 1.82) is 10.5 Å². The van der Waals surface area contributed by atoms with E-state index in [1.54, 1.807) is 0 Å². The first-order chi connectivity index (χ1) is 43.8. The van der Waals surface area contributed by atoms with Crippen LogP contribution in [0.1, 0.15) is 346 Å². The van der Waals surface area contributed by atoms with Crippen LogP contribution >= 0.6 is 0 Å². The summed E-state index contributed by atoms with van der Waals surface area (Å²) < 4.78 is 0. The second-order valence-corrected chi connectivity index (χ2v) is 42.1. The number of Topliss-reactive ketones (excluding diaryl/α,β-unsaturated/α-hetero) is 2. The maximum absolute atomic E-state index is 12.5. The van der Waals surface area contributed by atoms with Gasteiger partial charge in [0.15, 0.2) is 0 Å². The Balaban J connectivity index is 0.000000151. The molecule has 16 fully saturated rings. The fourth-order valence-corrected chi connectivity index (χ4v) is 31.2. The van der Waals surface area contributed by atoms with Crippen LogP contribution in [0.4, 0.5) is 0 Å². The molecule has 8 nitrogen and oxygen atoms in total. The summed E-state index contributed by atoms with van der Waals surface area (Å²) in [6.45, 7) is 37.6. The van der Waals surface area contributed by atoms with Crippen molar-refractivity contribution in [2.75, 3.05) is 0 Å². The molecular formula is C90H154N2O6. The van der Waals surface area contributed by atoms with Crippen LogP contribution in [0.25, 0.3) is 0 Å². The molecule has 16 saturated carbocycles. The smallest absolute Gasteiger partial charge is 0.139 e. The zero-order valence-corrected chi connectivity index (χ0v) is 62.8. The molecule has 0 unspecified atom stereocenters. The Morgan fingerprint density at radius 3 is 0.796 bits per heavy atom. The van der Waals surface area contributed by atoms with E-state index in [2.05, 4.69) is 109 Å². The van der Waals surface area contributed by atoms with Crippen molar-refractivity contribution in [3.05, 3.63) is 0 Å². The molecule has 16 aliphatic rings. The molecule has 0 aromatic heterocycles. The standard InChI is InChI=1S/2C22H35NO.2C21H34O2.4CH4/c2*1-14-11-16-12-20(2,24)9-10-22(16,4)18-7-8-21(3)15(13-23)5-6-17(21)19(14)18;2*1-13-11-14-12-19(2,23)9-10-20(14,3)16-7-8-21(4)15(18(13)16)5-6-17(21)22;;;;/h2*14-19,24H,5-12H2,1-4H3;2*13-16,18,23H,5-12H2,1-4H3;4*1H4/t14-,15+,16-,17-,18-,19-,20+,21+,22-;14-,15-,16+,17+,18+,19+,20-,21-,22+;13-,14+,15+,16+,18+,19-,20+,21+;13-,14-,15-,16-,18-,19+,20-,21-;;;;/m0110..../s1. The van der Waals surface area contributed by atoms with Gasteiger partial charge in [0, 0.05) is 23.7 Å². The number of nitriles is 2. The second kappa shape index (κ2) is 27.2. The number of rotatable bonds is 0. The molecule has 98 heavy (non-hydrogen) atoms. The van der Waals surface area contributed by atoms with E-state index in [4.69, 9.17) is 0 Å². The van der Waals surface area contributed by atoms with Gasteiger partial charge in [0.1, 0.15) is 11.6 Å². The van der Waals surface area contributed by atoms with Crippen LogP contribution in [-0.2, 0) is 9.59 Å². The third-order valence-electron chi connectivity index (χ3n) is 37.0. The number of carbonyl (C=O) groups excluding carboxylic acids is 2. The summed E-state index contributed by atoms with van der Waals surface area (Å²) in [5, 5.41) is 61.7. The number of carbonyl (C=O) groups is 2. The number of fused-ring (bicyclic) bond motifs is 20. The molecule has 8 heteroatoms. The van der Waals surface area contributed by atoms with E-state index in [1.165, 1.54) is 103 Å². The van der Waals surface area contributed by atoms with Gasteiger partial charge in [-0.05, 0) is 371 Å².